The topological polar surface area (TPSA) is 134 Å². The summed E-state index contributed by atoms with van der Waals surface area (Å²) in [6.07, 6.45) is -0.586. The van der Waals surface area contributed by atoms with Gasteiger partial charge < -0.3 is 15.1 Å². The second-order valence-corrected chi connectivity index (χ2v) is 6.59. The number of carbonyl (C=O) groups excluding carboxylic acids is 3. The van der Waals surface area contributed by atoms with Gasteiger partial charge in [0, 0.05) is 18.1 Å². The molecule has 0 spiro atoms. The smallest absolute Gasteiger partial charge is 0.268 e. The number of nitrogens with one attached hydrogen (secondary N) is 3. The predicted octanol–water partition coefficient (Wildman–Crippen LogP) is 0.842. The van der Waals surface area contributed by atoms with Crippen LogP contribution >= 0.6 is 0 Å². The summed E-state index contributed by atoms with van der Waals surface area (Å²) < 4.78 is 32.3. The van der Waals surface area contributed by atoms with Gasteiger partial charge in [-0.05, 0) is 49.0 Å². The number of amides is 3. The SMILES string of the molecule is CC(=O)NC(C)(C(F)F)[C@H](NC(=O)c1ccc(C#CC#Cc2cnco2)cc1)C(=O)NO. The highest BCUT2D eigenvalue weighted by Gasteiger charge is 2.48. The standard InChI is InChI=1S/C21H18F2N4O5/c1-13(28)26-21(2,20(22)23)17(19(30)27-31)25-18(29)15-9-7-14(8-10-15)5-3-4-6-16-11-24-12-32-16/h7-12,17,20,31H,1-2H3,(H,25,29)(H,26,28)(H,27,30)/t17-,21?/m1/s1. The predicted molar refractivity (Wildman–Crippen MR) is 106 cm³/mol. The van der Waals surface area contributed by atoms with Crippen molar-refractivity contribution >= 4 is 17.7 Å². The molecule has 0 saturated carbocycles. The van der Waals surface area contributed by atoms with Crippen LogP contribution in [0.25, 0.3) is 0 Å². The van der Waals surface area contributed by atoms with Crippen molar-refractivity contribution in [1.82, 2.24) is 21.1 Å². The Kier molecular flexibility index (Phi) is 8.04. The minimum absolute atomic E-state index is 0.0264. The van der Waals surface area contributed by atoms with Crippen molar-refractivity contribution in [2.24, 2.45) is 0 Å². The number of carbonyl (C=O) groups is 3. The van der Waals surface area contributed by atoms with Crippen LogP contribution in [0.5, 0.6) is 0 Å². The molecule has 0 saturated heterocycles. The second-order valence-electron chi connectivity index (χ2n) is 6.59. The first-order chi connectivity index (χ1) is 15.2. The van der Waals surface area contributed by atoms with Gasteiger partial charge in [-0.15, -0.1) is 0 Å². The molecule has 1 aromatic heterocycles. The molecule has 2 rings (SSSR count). The van der Waals surface area contributed by atoms with Crippen LogP contribution in [-0.2, 0) is 9.59 Å². The molecule has 32 heavy (non-hydrogen) atoms. The summed E-state index contributed by atoms with van der Waals surface area (Å²) in [5, 5.41) is 13.0. The summed E-state index contributed by atoms with van der Waals surface area (Å²) >= 11 is 0. The van der Waals surface area contributed by atoms with Crippen LogP contribution in [0.2, 0.25) is 0 Å². The zero-order valence-electron chi connectivity index (χ0n) is 16.9. The zero-order valence-corrected chi connectivity index (χ0v) is 16.9. The van der Waals surface area contributed by atoms with E-state index in [-0.39, 0.29) is 5.56 Å². The van der Waals surface area contributed by atoms with Crippen LogP contribution in [-0.4, -0.2) is 45.9 Å². The van der Waals surface area contributed by atoms with Crippen molar-refractivity contribution in [3.8, 4) is 23.7 Å². The molecule has 11 heteroatoms. The number of nitrogens with zero attached hydrogens (tertiary/aromatic N) is 1. The largest absolute Gasteiger partial charge is 0.435 e. The maximum atomic E-state index is 13.7. The average Bonchev–Trinajstić information content (AvgIpc) is 3.27. The first-order valence-electron chi connectivity index (χ1n) is 8.99. The minimum atomic E-state index is -3.25. The molecule has 0 aliphatic rings. The van der Waals surface area contributed by atoms with E-state index in [4.69, 9.17) is 9.62 Å². The van der Waals surface area contributed by atoms with Gasteiger partial charge in [-0.25, -0.2) is 19.2 Å². The third kappa shape index (κ3) is 6.14. The summed E-state index contributed by atoms with van der Waals surface area (Å²) in [7, 11) is 0. The number of alkyl halides is 2. The fourth-order valence-corrected chi connectivity index (χ4v) is 2.58. The maximum absolute atomic E-state index is 13.7. The van der Waals surface area contributed by atoms with Crippen molar-refractivity contribution < 1.29 is 32.8 Å². The van der Waals surface area contributed by atoms with Crippen molar-refractivity contribution in [3.05, 3.63) is 53.7 Å². The van der Waals surface area contributed by atoms with Gasteiger partial charge >= 0.3 is 0 Å². The van der Waals surface area contributed by atoms with Crippen molar-refractivity contribution in [1.29, 1.82) is 0 Å². The lowest BCUT2D eigenvalue weighted by atomic mass is 9.91. The first kappa shape index (κ1) is 24.1. The van der Waals surface area contributed by atoms with Gasteiger partial charge in [0.2, 0.25) is 5.91 Å². The summed E-state index contributed by atoms with van der Waals surface area (Å²) in [4.78, 5) is 39.6. The van der Waals surface area contributed by atoms with Gasteiger partial charge in [-0.2, -0.15) is 0 Å². The van der Waals surface area contributed by atoms with E-state index in [1.807, 2.05) is 5.32 Å². The average molecular weight is 444 g/mol. The maximum Gasteiger partial charge on any atom is 0.268 e. The Morgan fingerprint density at radius 2 is 1.81 bits per heavy atom. The molecule has 2 aromatic rings. The van der Waals surface area contributed by atoms with Crippen molar-refractivity contribution in [2.75, 3.05) is 0 Å². The summed E-state index contributed by atoms with van der Waals surface area (Å²) in [5.41, 5.74) is -0.726. The zero-order chi connectivity index (χ0) is 23.7. The van der Waals surface area contributed by atoms with Crippen LogP contribution in [0.15, 0.2) is 41.3 Å². The molecule has 0 radical (unpaired) electrons. The molecule has 0 fully saturated rings. The third-order valence-electron chi connectivity index (χ3n) is 4.18. The Labute approximate surface area is 181 Å². The molecular formula is C21H18F2N4O5. The van der Waals surface area contributed by atoms with Crippen LogP contribution in [0.1, 0.15) is 35.5 Å². The molecule has 3 amide bonds. The number of halogens is 2. The van der Waals surface area contributed by atoms with E-state index >= 15 is 0 Å². The third-order valence-corrected chi connectivity index (χ3v) is 4.18. The number of benzene rings is 1. The van der Waals surface area contributed by atoms with Gasteiger partial charge in [0.05, 0.1) is 6.20 Å². The Morgan fingerprint density at radius 1 is 1.16 bits per heavy atom. The van der Waals surface area contributed by atoms with Crippen LogP contribution in [0.4, 0.5) is 8.78 Å². The van der Waals surface area contributed by atoms with Crippen LogP contribution in [0.3, 0.4) is 0 Å². The molecule has 1 unspecified atom stereocenters. The lowest BCUT2D eigenvalue weighted by molar-refractivity contribution is -0.137. The number of rotatable bonds is 6. The molecule has 0 aliphatic heterocycles. The fraction of sp³-hybridized carbons (Fsp3) is 0.238. The molecule has 1 aromatic carbocycles. The van der Waals surface area contributed by atoms with E-state index in [2.05, 4.69) is 34.0 Å². The van der Waals surface area contributed by atoms with Crippen molar-refractivity contribution in [2.45, 2.75) is 31.9 Å². The molecule has 166 valence electrons. The molecule has 1 heterocycles. The molecule has 2 atom stereocenters. The van der Waals surface area contributed by atoms with Gasteiger partial charge in [-0.3, -0.25) is 19.6 Å². The van der Waals surface area contributed by atoms with Gasteiger partial charge in [0.1, 0.15) is 11.6 Å². The number of aromatic nitrogens is 1. The lowest BCUT2D eigenvalue weighted by Crippen LogP contribution is -2.68. The summed E-state index contributed by atoms with van der Waals surface area (Å²) in [6, 6.07) is 3.71. The monoisotopic (exact) mass is 444 g/mol. The highest BCUT2D eigenvalue weighted by molar-refractivity contribution is 5.98. The number of hydroxylamine groups is 1. The molecule has 9 nitrogen and oxygen atoms in total. The quantitative estimate of drug-likeness (QED) is 0.297. The van der Waals surface area contributed by atoms with Crippen LogP contribution < -0.4 is 16.1 Å². The van der Waals surface area contributed by atoms with E-state index in [1.165, 1.54) is 42.3 Å². The normalized spacial score (nSPS) is 12.8. The minimum Gasteiger partial charge on any atom is -0.435 e. The van der Waals surface area contributed by atoms with Gasteiger partial charge in [0.25, 0.3) is 18.2 Å². The van der Waals surface area contributed by atoms with E-state index in [0.29, 0.717) is 11.3 Å². The highest BCUT2D eigenvalue weighted by Crippen LogP contribution is 2.21. The Bertz CT molecular complexity index is 1100. The molecule has 0 bridgehead atoms. The summed E-state index contributed by atoms with van der Waals surface area (Å²) in [5.74, 6) is 7.80. The van der Waals surface area contributed by atoms with Crippen LogP contribution in [0, 0.1) is 23.7 Å². The number of oxazole rings is 1. The molecule has 4 N–H and O–H groups in total. The van der Waals surface area contributed by atoms with E-state index in [9.17, 15) is 23.2 Å². The van der Waals surface area contributed by atoms with Gasteiger partial charge in [-0.1, -0.05) is 5.92 Å². The van der Waals surface area contributed by atoms with Crippen molar-refractivity contribution in [3.63, 3.8) is 0 Å². The summed E-state index contributed by atoms with van der Waals surface area (Å²) in [6.45, 7) is 1.85. The Morgan fingerprint density at radius 3 is 2.34 bits per heavy atom. The van der Waals surface area contributed by atoms with E-state index in [0.717, 1.165) is 13.8 Å². The second kappa shape index (κ2) is 10.7. The number of hydrogen-bond acceptors (Lipinski definition) is 6. The molecular weight excluding hydrogens is 426 g/mol. The van der Waals surface area contributed by atoms with E-state index in [1.54, 1.807) is 0 Å². The first-order valence-corrected chi connectivity index (χ1v) is 8.99. The van der Waals surface area contributed by atoms with E-state index < -0.39 is 35.7 Å². The molecule has 0 aliphatic carbocycles. The Hall–Kier alpha value is -4.22. The lowest BCUT2D eigenvalue weighted by Gasteiger charge is -2.36. The fourth-order valence-electron chi connectivity index (χ4n) is 2.58. The van der Waals surface area contributed by atoms with Gasteiger partial charge in [0.15, 0.2) is 12.2 Å². The number of hydrogen-bond donors (Lipinski definition) is 4. The Balaban J connectivity index is 2.18. The highest BCUT2D eigenvalue weighted by atomic mass is 19.3.